The molecular weight excluding hydrogens is 538 g/mol. The molecule has 0 saturated heterocycles. The molecule has 2 heterocycles. The number of hydrogen-bond donors (Lipinski definition) is 2. The number of fused-ring (bicyclic) bond motifs is 1. The number of hydrogen-bond acceptors (Lipinski definition) is 6. The van der Waals surface area contributed by atoms with E-state index in [0.29, 0.717) is 34.1 Å². The van der Waals surface area contributed by atoms with Gasteiger partial charge in [-0.3, -0.25) is 9.59 Å². The molecule has 1 atom stereocenters. The van der Waals surface area contributed by atoms with Crippen LogP contribution in [0.15, 0.2) is 92.9 Å². The molecule has 9 heteroatoms. The third-order valence-corrected chi connectivity index (χ3v) is 6.34. The summed E-state index contributed by atoms with van der Waals surface area (Å²) in [7, 11) is 0. The van der Waals surface area contributed by atoms with Gasteiger partial charge in [-0.05, 0) is 60.5 Å². The lowest BCUT2D eigenvalue weighted by molar-refractivity contribution is -0.123. The van der Waals surface area contributed by atoms with E-state index in [1.165, 1.54) is 6.21 Å². The Hall–Kier alpha value is -4.37. The number of halogens is 1. The van der Waals surface area contributed by atoms with Crippen molar-refractivity contribution in [3.8, 4) is 22.8 Å². The monoisotopic (exact) mass is 559 g/mol. The van der Waals surface area contributed by atoms with Gasteiger partial charge in [0, 0.05) is 15.6 Å². The van der Waals surface area contributed by atoms with E-state index in [-0.39, 0.29) is 6.79 Å². The third kappa shape index (κ3) is 5.57. The molecule has 0 unspecified atom stereocenters. The lowest BCUT2D eigenvalue weighted by Gasteiger charge is -2.17. The van der Waals surface area contributed by atoms with Crippen LogP contribution < -0.4 is 20.2 Å². The highest BCUT2D eigenvalue weighted by Crippen LogP contribution is 2.33. The molecule has 0 spiro atoms. The Kier molecular flexibility index (Phi) is 7.04. The molecule has 0 saturated carbocycles. The summed E-state index contributed by atoms with van der Waals surface area (Å²) in [6.07, 6.45) is 1.41. The minimum atomic E-state index is -0.980. The molecule has 1 aliphatic heterocycles. The van der Waals surface area contributed by atoms with Gasteiger partial charge in [0.05, 0.1) is 6.21 Å². The number of benzene rings is 3. The molecule has 37 heavy (non-hydrogen) atoms. The molecule has 5 rings (SSSR count). The molecular formula is C28H22BrN3O5. The highest BCUT2D eigenvalue weighted by Gasteiger charge is 2.24. The first-order valence-electron chi connectivity index (χ1n) is 11.4. The third-order valence-electron chi connectivity index (χ3n) is 5.69. The molecule has 8 nitrogen and oxygen atoms in total. The summed E-state index contributed by atoms with van der Waals surface area (Å²) in [6.45, 7) is 2.12. The summed E-state index contributed by atoms with van der Waals surface area (Å²) in [5, 5.41) is 6.82. The Morgan fingerprint density at radius 1 is 0.973 bits per heavy atom. The molecule has 0 radical (unpaired) electrons. The zero-order valence-corrected chi connectivity index (χ0v) is 21.3. The van der Waals surface area contributed by atoms with Crippen LogP contribution in [0.2, 0.25) is 0 Å². The van der Waals surface area contributed by atoms with Crippen LogP contribution in [-0.4, -0.2) is 24.8 Å². The Morgan fingerprint density at radius 3 is 2.59 bits per heavy atom. The SMILES string of the molecule is Cc1ccc(-c2ccc(/C=N\NC(=O)[C@@H](NC(=O)c3ccc4c(c3)OCO4)c3ccccc3)o2)c(Br)c1. The van der Waals surface area contributed by atoms with Crippen LogP contribution in [-0.2, 0) is 4.79 Å². The van der Waals surface area contributed by atoms with Crippen LogP contribution in [0, 0.1) is 6.92 Å². The highest BCUT2D eigenvalue weighted by atomic mass is 79.9. The molecule has 0 bridgehead atoms. The minimum Gasteiger partial charge on any atom is -0.455 e. The maximum absolute atomic E-state index is 13.1. The number of ether oxygens (including phenoxy) is 2. The normalized spacial score (nSPS) is 12.9. The van der Waals surface area contributed by atoms with Crippen molar-refractivity contribution >= 4 is 34.0 Å². The number of aryl methyl sites for hydroxylation is 1. The van der Waals surface area contributed by atoms with Crippen LogP contribution in [0.5, 0.6) is 11.5 Å². The maximum Gasteiger partial charge on any atom is 0.267 e. The van der Waals surface area contributed by atoms with E-state index in [1.54, 1.807) is 48.5 Å². The van der Waals surface area contributed by atoms with E-state index in [9.17, 15) is 9.59 Å². The number of rotatable bonds is 7. The lowest BCUT2D eigenvalue weighted by Crippen LogP contribution is -2.38. The predicted octanol–water partition coefficient (Wildman–Crippen LogP) is 5.37. The quantitative estimate of drug-likeness (QED) is 0.234. The molecule has 0 aliphatic carbocycles. The topological polar surface area (TPSA) is 102 Å². The van der Waals surface area contributed by atoms with Gasteiger partial charge in [-0.15, -0.1) is 0 Å². The van der Waals surface area contributed by atoms with Gasteiger partial charge in [-0.2, -0.15) is 5.10 Å². The molecule has 1 aromatic heterocycles. The number of nitrogens with one attached hydrogen (secondary N) is 2. The second kappa shape index (κ2) is 10.7. The molecule has 2 N–H and O–H groups in total. The Labute approximate surface area is 221 Å². The van der Waals surface area contributed by atoms with Crippen LogP contribution >= 0.6 is 15.9 Å². The van der Waals surface area contributed by atoms with Gasteiger partial charge in [-0.25, -0.2) is 5.43 Å². The molecule has 1 aliphatic rings. The smallest absolute Gasteiger partial charge is 0.267 e. The average Bonchev–Trinajstić information content (AvgIpc) is 3.57. The summed E-state index contributed by atoms with van der Waals surface area (Å²) >= 11 is 3.56. The van der Waals surface area contributed by atoms with Gasteiger partial charge < -0.3 is 19.2 Å². The second-order valence-electron chi connectivity index (χ2n) is 8.30. The number of furan rings is 1. The Morgan fingerprint density at radius 2 is 1.78 bits per heavy atom. The first kappa shape index (κ1) is 24.3. The van der Waals surface area contributed by atoms with E-state index in [0.717, 1.165) is 15.6 Å². The second-order valence-corrected chi connectivity index (χ2v) is 9.16. The van der Waals surface area contributed by atoms with Crippen molar-refractivity contribution in [3.05, 3.63) is 106 Å². The van der Waals surface area contributed by atoms with E-state index < -0.39 is 17.9 Å². The van der Waals surface area contributed by atoms with Crippen molar-refractivity contribution in [1.29, 1.82) is 0 Å². The first-order valence-corrected chi connectivity index (χ1v) is 12.2. The van der Waals surface area contributed by atoms with Crippen LogP contribution in [0.25, 0.3) is 11.3 Å². The molecule has 3 aromatic carbocycles. The number of hydrazone groups is 1. The standard InChI is InChI=1S/C28H22BrN3O5/c1-17-7-10-21(22(29)13-17)23-12-9-20(37-23)15-30-32-28(34)26(18-5-3-2-4-6-18)31-27(33)19-8-11-24-25(14-19)36-16-35-24/h2-15,26H,16H2,1H3,(H,31,33)(H,32,34)/b30-15-/t26-/m0/s1. The maximum atomic E-state index is 13.1. The number of carbonyl (C=O) groups is 2. The van der Waals surface area contributed by atoms with Gasteiger partial charge in [0.1, 0.15) is 17.6 Å². The summed E-state index contributed by atoms with van der Waals surface area (Å²) < 4.78 is 17.4. The predicted molar refractivity (Wildman–Crippen MR) is 142 cm³/mol. The minimum absolute atomic E-state index is 0.104. The average molecular weight is 560 g/mol. The molecule has 4 aromatic rings. The number of carbonyl (C=O) groups excluding carboxylic acids is 2. The highest BCUT2D eigenvalue weighted by molar-refractivity contribution is 9.10. The number of nitrogens with zero attached hydrogens (tertiary/aromatic N) is 1. The number of amides is 2. The fourth-order valence-corrected chi connectivity index (χ4v) is 4.50. The van der Waals surface area contributed by atoms with E-state index in [4.69, 9.17) is 13.9 Å². The largest absolute Gasteiger partial charge is 0.455 e. The summed E-state index contributed by atoms with van der Waals surface area (Å²) in [5.41, 5.74) is 5.48. The lowest BCUT2D eigenvalue weighted by atomic mass is 10.1. The van der Waals surface area contributed by atoms with E-state index in [1.807, 2.05) is 37.3 Å². The van der Waals surface area contributed by atoms with Crippen LogP contribution in [0.3, 0.4) is 0 Å². The van der Waals surface area contributed by atoms with Gasteiger partial charge in [0.25, 0.3) is 11.8 Å². The zero-order valence-electron chi connectivity index (χ0n) is 19.7. The van der Waals surface area contributed by atoms with Crippen LogP contribution in [0.1, 0.15) is 33.3 Å². The van der Waals surface area contributed by atoms with Crippen molar-refractivity contribution in [1.82, 2.24) is 10.7 Å². The van der Waals surface area contributed by atoms with Crippen molar-refractivity contribution in [2.75, 3.05) is 6.79 Å². The first-order chi connectivity index (χ1) is 18.0. The van der Waals surface area contributed by atoms with Gasteiger partial charge in [0.2, 0.25) is 6.79 Å². The summed E-state index contributed by atoms with van der Waals surface area (Å²) in [6, 6.07) is 22.4. The van der Waals surface area contributed by atoms with Gasteiger partial charge in [-0.1, -0.05) is 52.3 Å². The van der Waals surface area contributed by atoms with Crippen LogP contribution in [0.4, 0.5) is 0 Å². The molecule has 186 valence electrons. The van der Waals surface area contributed by atoms with Crippen molar-refractivity contribution in [3.63, 3.8) is 0 Å². The fourth-order valence-electron chi connectivity index (χ4n) is 3.81. The van der Waals surface area contributed by atoms with Crippen molar-refractivity contribution in [2.45, 2.75) is 13.0 Å². The van der Waals surface area contributed by atoms with Gasteiger partial charge >= 0.3 is 0 Å². The fraction of sp³-hybridized carbons (Fsp3) is 0.107. The Balaban J connectivity index is 1.29. The molecule has 0 fully saturated rings. The molecule has 2 amide bonds. The van der Waals surface area contributed by atoms with E-state index >= 15 is 0 Å². The van der Waals surface area contributed by atoms with Gasteiger partial charge in [0.15, 0.2) is 11.5 Å². The summed E-state index contributed by atoms with van der Waals surface area (Å²) in [4.78, 5) is 26.0. The van der Waals surface area contributed by atoms with E-state index in [2.05, 4.69) is 31.8 Å². The zero-order chi connectivity index (χ0) is 25.8. The van der Waals surface area contributed by atoms with Crippen molar-refractivity contribution < 1.29 is 23.5 Å². The summed E-state index contributed by atoms with van der Waals surface area (Å²) in [5.74, 6) is 1.23. The Bertz CT molecular complexity index is 1480. The van der Waals surface area contributed by atoms with Crippen molar-refractivity contribution in [2.24, 2.45) is 5.10 Å².